The van der Waals surface area contributed by atoms with Crippen LogP contribution in [0.3, 0.4) is 0 Å². The average Bonchev–Trinajstić information content (AvgIpc) is 2.77. The van der Waals surface area contributed by atoms with Crippen LogP contribution in [0.5, 0.6) is 5.75 Å². The first kappa shape index (κ1) is 20.7. The molecule has 1 aliphatic carbocycles. The van der Waals surface area contributed by atoms with Crippen molar-refractivity contribution in [3.63, 3.8) is 0 Å². The van der Waals surface area contributed by atoms with E-state index >= 15 is 0 Å². The number of ketones is 1. The fraction of sp³-hybridized carbons (Fsp3) is 0.231. The minimum Gasteiger partial charge on any atom is -0.508 e. The van der Waals surface area contributed by atoms with Crippen LogP contribution in [0.1, 0.15) is 42.7 Å². The lowest BCUT2D eigenvalue weighted by Crippen LogP contribution is -2.36. The zero-order chi connectivity index (χ0) is 22.0. The molecule has 0 aromatic heterocycles. The van der Waals surface area contributed by atoms with Crippen molar-refractivity contribution in [3.05, 3.63) is 101 Å². The summed E-state index contributed by atoms with van der Waals surface area (Å²) >= 11 is 0. The number of benzene rings is 2. The Labute approximate surface area is 181 Å². The molecule has 1 heterocycles. The molecule has 0 saturated heterocycles. The third-order valence-electron chi connectivity index (χ3n) is 5.88. The van der Waals surface area contributed by atoms with Crippen molar-refractivity contribution >= 4 is 11.8 Å². The molecule has 2 N–H and O–H groups in total. The van der Waals surface area contributed by atoms with Crippen LogP contribution in [0.4, 0.5) is 0 Å². The summed E-state index contributed by atoms with van der Waals surface area (Å²) in [7, 11) is 0. The predicted octanol–water partition coefficient (Wildman–Crippen LogP) is 4.48. The second-order valence-electron chi connectivity index (χ2n) is 7.91. The Kier molecular flexibility index (Phi) is 5.76. The van der Waals surface area contributed by atoms with E-state index in [0.717, 1.165) is 16.8 Å². The normalized spacial score (nSPS) is 20.7. The molecule has 5 heteroatoms. The molecule has 0 amide bonds. The lowest BCUT2D eigenvalue weighted by Gasteiger charge is -2.36. The number of carbonyl (C=O) groups excluding carboxylic acids is 2. The van der Waals surface area contributed by atoms with Crippen molar-refractivity contribution in [2.45, 2.75) is 31.6 Å². The fourth-order valence-corrected chi connectivity index (χ4v) is 4.48. The number of dihydropyridines is 1. The number of allylic oxidation sites excluding steroid dienone is 3. The van der Waals surface area contributed by atoms with Gasteiger partial charge in [-0.05, 0) is 42.5 Å². The van der Waals surface area contributed by atoms with E-state index in [0.29, 0.717) is 29.7 Å². The van der Waals surface area contributed by atoms with E-state index < -0.39 is 11.9 Å². The van der Waals surface area contributed by atoms with Crippen molar-refractivity contribution in [1.29, 1.82) is 0 Å². The summed E-state index contributed by atoms with van der Waals surface area (Å²) in [4.78, 5) is 26.3. The third-order valence-corrected chi connectivity index (χ3v) is 5.88. The van der Waals surface area contributed by atoms with Gasteiger partial charge in [0, 0.05) is 29.3 Å². The Morgan fingerprint density at radius 1 is 1.13 bits per heavy atom. The highest BCUT2D eigenvalue weighted by Gasteiger charge is 2.41. The van der Waals surface area contributed by atoms with E-state index in [-0.39, 0.29) is 24.1 Å². The van der Waals surface area contributed by atoms with Crippen LogP contribution < -0.4 is 5.32 Å². The topological polar surface area (TPSA) is 75.6 Å². The molecule has 0 bridgehead atoms. The van der Waals surface area contributed by atoms with Gasteiger partial charge in [0.05, 0.1) is 5.57 Å². The quantitative estimate of drug-likeness (QED) is 0.556. The standard InChI is InChI=1S/C26H25NO4/c1-3-13-31-26(30)23-16(2)27-21-14-19(17-7-5-4-6-8-17)15-22(29)25(21)24(23)18-9-11-20(28)12-10-18/h3-12,19,24,27-28H,1,13-15H2,2H3/t19-,24+/m0/s1. The number of hydrogen-bond donors (Lipinski definition) is 2. The van der Waals surface area contributed by atoms with Gasteiger partial charge in [-0.3, -0.25) is 4.79 Å². The van der Waals surface area contributed by atoms with Gasteiger partial charge in [-0.1, -0.05) is 55.1 Å². The molecule has 31 heavy (non-hydrogen) atoms. The zero-order valence-corrected chi connectivity index (χ0v) is 17.4. The summed E-state index contributed by atoms with van der Waals surface area (Å²) in [5, 5.41) is 13.1. The Balaban J connectivity index is 1.78. The molecule has 0 radical (unpaired) electrons. The van der Waals surface area contributed by atoms with Crippen LogP contribution in [-0.2, 0) is 14.3 Å². The second-order valence-corrected chi connectivity index (χ2v) is 7.91. The van der Waals surface area contributed by atoms with Gasteiger partial charge >= 0.3 is 5.97 Å². The van der Waals surface area contributed by atoms with Crippen molar-refractivity contribution in [2.24, 2.45) is 0 Å². The maximum absolute atomic E-state index is 13.4. The summed E-state index contributed by atoms with van der Waals surface area (Å²) < 4.78 is 5.34. The highest BCUT2D eigenvalue weighted by Crippen LogP contribution is 2.45. The smallest absolute Gasteiger partial charge is 0.337 e. The molecule has 5 nitrogen and oxygen atoms in total. The molecule has 0 unspecified atom stereocenters. The highest BCUT2D eigenvalue weighted by atomic mass is 16.5. The minimum absolute atomic E-state index is 0.0159. The molecule has 0 fully saturated rings. The van der Waals surface area contributed by atoms with E-state index in [1.54, 1.807) is 24.3 Å². The molecular formula is C26H25NO4. The number of nitrogens with one attached hydrogen (secondary N) is 1. The van der Waals surface area contributed by atoms with Gasteiger partial charge in [0.25, 0.3) is 0 Å². The Morgan fingerprint density at radius 2 is 1.84 bits per heavy atom. The summed E-state index contributed by atoms with van der Waals surface area (Å²) in [5.74, 6) is -0.793. The largest absolute Gasteiger partial charge is 0.508 e. The maximum Gasteiger partial charge on any atom is 0.337 e. The van der Waals surface area contributed by atoms with Crippen LogP contribution in [0, 0.1) is 0 Å². The van der Waals surface area contributed by atoms with Crippen molar-refractivity contribution in [3.8, 4) is 5.75 Å². The van der Waals surface area contributed by atoms with Crippen molar-refractivity contribution in [2.75, 3.05) is 6.61 Å². The monoisotopic (exact) mass is 415 g/mol. The van der Waals surface area contributed by atoms with Gasteiger partial charge in [-0.15, -0.1) is 0 Å². The molecular weight excluding hydrogens is 390 g/mol. The molecule has 4 rings (SSSR count). The molecule has 1 aliphatic heterocycles. The maximum atomic E-state index is 13.4. The highest BCUT2D eigenvalue weighted by molar-refractivity contribution is 6.04. The number of ether oxygens (including phenoxy) is 1. The van der Waals surface area contributed by atoms with Crippen LogP contribution in [0.25, 0.3) is 0 Å². The first-order valence-electron chi connectivity index (χ1n) is 10.4. The Hall–Kier alpha value is -3.60. The lowest BCUT2D eigenvalue weighted by atomic mass is 9.72. The van der Waals surface area contributed by atoms with Gasteiger partial charge in [0.2, 0.25) is 0 Å². The summed E-state index contributed by atoms with van der Waals surface area (Å²) in [6.07, 6.45) is 2.58. The van der Waals surface area contributed by atoms with E-state index in [1.165, 1.54) is 6.08 Å². The molecule has 158 valence electrons. The van der Waals surface area contributed by atoms with Crippen LogP contribution in [-0.4, -0.2) is 23.5 Å². The van der Waals surface area contributed by atoms with E-state index in [9.17, 15) is 14.7 Å². The SMILES string of the molecule is C=CCOC(=O)C1=C(C)NC2=C(C(=O)C[C@@H](c3ccccc3)C2)[C@@H]1c1ccc(O)cc1. The molecule has 2 aromatic carbocycles. The molecule has 0 spiro atoms. The summed E-state index contributed by atoms with van der Waals surface area (Å²) in [5.41, 5.74) is 4.44. The van der Waals surface area contributed by atoms with Gasteiger partial charge in [-0.2, -0.15) is 0 Å². The number of carbonyl (C=O) groups is 2. The second kappa shape index (κ2) is 8.64. The lowest BCUT2D eigenvalue weighted by molar-refractivity contribution is -0.138. The van der Waals surface area contributed by atoms with Gasteiger partial charge in [0.1, 0.15) is 12.4 Å². The van der Waals surface area contributed by atoms with Crippen LogP contribution in [0.15, 0.2) is 89.8 Å². The van der Waals surface area contributed by atoms with Gasteiger partial charge < -0.3 is 15.2 Å². The van der Waals surface area contributed by atoms with E-state index in [1.807, 2.05) is 37.3 Å². The zero-order valence-electron chi connectivity index (χ0n) is 17.4. The molecule has 2 aliphatic rings. The van der Waals surface area contributed by atoms with Crippen molar-refractivity contribution in [1.82, 2.24) is 5.32 Å². The average molecular weight is 415 g/mol. The number of esters is 1. The van der Waals surface area contributed by atoms with Crippen molar-refractivity contribution < 1.29 is 19.4 Å². The number of aromatic hydroxyl groups is 1. The third kappa shape index (κ3) is 4.04. The fourth-order valence-electron chi connectivity index (χ4n) is 4.48. The molecule has 2 aromatic rings. The molecule has 0 saturated carbocycles. The predicted molar refractivity (Wildman–Crippen MR) is 118 cm³/mol. The summed E-state index contributed by atoms with van der Waals surface area (Å²) in [6.45, 7) is 5.52. The summed E-state index contributed by atoms with van der Waals surface area (Å²) in [6, 6.07) is 16.7. The van der Waals surface area contributed by atoms with Gasteiger partial charge in [-0.25, -0.2) is 4.79 Å². The number of phenols is 1. The van der Waals surface area contributed by atoms with Crippen LogP contribution >= 0.6 is 0 Å². The van der Waals surface area contributed by atoms with Crippen LogP contribution in [0.2, 0.25) is 0 Å². The Morgan fingerprint density at radius 3 is 2.52 bits per heavy atom. The molecule has 2 atom stereocenters. The number of rotatable bonds is 5. The minimum atomic E-state index is -0.543. The number of phenolic OH excluding ortho intramolecular Hbond substituents is 1. The first-order chi connectivity index (χ1) is 15.0. The number of Topliss-reactive ketones (excluding diaryl/α,β-unsaturated/α-hetero) is 1. The first-order valence-corrected chi connectivity index (χ1v) is 10.4. The Bertz CT molecular complexity index is 1080. The van der Waals surface area contributed by atoms with E-state index in [2.05, 4.69) is 11.9 Å². The van der Waals surface area contributed by atoms with E-state index in [4.69, 9.17) is 4.74 Å². The number of hydrogen-bond acceptors (Lipinski definition) is 5. The van der Waals surface area contributed by atoms with Gasteiger partial charge in [0.15, 0.2) is 5.78 Å².